The molecule has 0 spiro atoms. The lowest BCUT2D eigenvalue weighted by Crippen LogP contribution is -2.41. The van der Waals surface area contributed by atoms with Crippen molar-refractivity contribution in [1.82, 2.24) is 9.80 Å². The molecule has 0 saturated carbocycles. The second-order valence-electron chi connectivity index (χ2n) is 5.19. The summed E-state index contributed by atoms with van der Waals surface area (Å²) in [6.45, 7) is 7.09. The van der Waals surface area contributed by atoms with Crippen molar-refractivity contribution in [2.24, 2.45) is 16.8 Å². The maximum atomic E-state index is 8.64. The van der Waals surface area contributed by atoms with Gasteiger partial charge in [-0.3, -0.25) is 0 Å². The third kappa shape index (κ3) is 3.57. The molecule has 0 unspecified atom stereocenters. The van der Waals surface area contributed by atoms with Crippen LogP contribution < -0.4 is 5.73 Å². The zero-order chi connectivity index (χ0) is 12.1. The van der Waals surface area contributed by atoms with Crippen molar-refractivity contribution in [3.8, 4) is 0 Å². The van der Waals surface area contributed by atoms with Crippen LogP contribution in [-0.2, 0) is 0 Å². The fraction of sp³-hybridized carbons (Fsp3) is 0.917. The number of hydrogen-bond donors (Lipinski definition) is 2. The number of nitrogens with zero attached hydrogens (tertiary/aromatic N) is 3. The van der Waals surface area contributed by atoms with Crippen LogP contribution in [0.15, 0.2) is 5.16 Å². The lowest BCUT2D eigenvalue weighted by atomic mass is 9.96. The molecule has 0 aromatic rings. The Labute approximate surface area is 103 Å². The molecule has 98 valence electrons. The summed E-state index contributed by atoms with van der Waals surface area (Å²) < 4.78 is 0. The van der Waals surface area contributed by atoms with E-state index in [4.69, 9.17) is 10.9 Å². The standard InChI is InChI=1S/C12H24N4O/c13-12(14-17)11-3-7-16(8-4-11)10-9-15-5-1-2-6-15/h11,17H,1-10H2,(H2,13,14). The van der Waals surface area contributed by atoms with Crippen molar-refractivity contribution in [2.45, 2.75) is 25.7 Å². The zero-order valence-corrected chi connectivity index (χ0v) is 10.5. The molecule has 0 bridgehead atoms. The van der Waals surface area contributed by atoms with E-state index in [9.17, 15) is 0 Å². The number of rotatable bonds is 4. The Morgan fingerprint density at radius 2 is 1.59 bits per heavy atom. The van der Waals surface area contributed by atoms with E-state index in [1.165, 1.54) is 39.0 Å². The molecule has 2 aliphatic rings. The van der Waals surface area contributed by atoms with E-state index in [2.05, 4.69) is 15.0 Å². The molecule has 2 aliphatic heterocycles. The molecular weight excluding hydrogens is 216 g/mol. The van der Waals surface area contributed by atoms with E-state index in [0.717, 1.165) is 25.9 Å². The second kappa shape index (κ2) is 6.21. The molecule has 0 amide bonds. The van der Waals surface area contributed by atoms with E-state index in [1.54, 1.807) is 0 Å². The first-order chi connectivity index (χ1) is 8.29. The van der Waals surface area contributed by atoms with E-state index >= 15 is 0 Å². The van der Waals surface area contributed by atoms with Gasteiger partial charge >= 0.3 is 0 Å². The summed E-state index contributed by atoms with van der Waals surface area (Å²) in [5.41, 5.74) is 5.64. The predicted molar refractivity (Wildman–Crippen MR) is 68.2 cm³/mol. The molecule has 3 N–H and O–H groups in total. The average molecular weight is 240 g/mol. The first-order valence-electron chi connectivity index (χ1n) is 6.71. The highest BCUT2D eigenvalue weighted by atomic mass is 16.4. The highest BCUT2D eigenvalue weighted by molar-refractivity contribution is 5.82. The fourth-order valence-corrected chi connectivity index (χ4v) is 2.82. The summed E-state index contributed by atoms with van der Waals surface area (Å²) in [6, 6.07) is 0. The second-order valence-corrected chi connectivity index (χ2v) is 5.19. The van der Waals surface area contributed by atoms with Crippen LogP contribution in [0.5, 0.6) is 0 Å². The minimum absolute atomic E-state index is 0.281. The van der Waals surface area contributed by atoms with Crippen molar-refractivity contribution in [1.29, 1.82) is 0 Å². The number of nitrogens with two attached hydrogens (primary N) is 1. The zero-order valence-electron chi connectivity index (χ0n) is 10.5. The van der Waals surface area contributed by atoms with Crippen LogP contribution in [0.25, 0.3) is 0 Å². The van der Waals surface area contributed by atoms with Crippen molar-refractivity contribution < 1.29 is 5.21 Å². The molecule has 0 aromatic heterocycles. The van der Waals surface area contributed by atoms with E-state index in [0.29, 0.717) is 5.84 Å². The molecule has 5 nitrogen and oxygen atoms in total. The molecule has 0 aromatic carbocycles. The van der Waals surface area contributed by atoms with Gasteiger partial charge in [-0.15, -0.1) is 0 Å². The topological polar surface area (TPSA) is 65.1 Å². The summed E-state index contributed by atoms with van der Waals surface area (Å²) in [7, 11) is 0. The maximum absolute atomic E-state index is 8.64. The minimum atomic E-state index is 0.281. The Hall–Kier alpha value is -0.810. The third-order valence-corrected chi connectivity index (χ3v) is 4.05. The SMILES string of the molecule is NC(=NO)C1CCN(CCN2CCCC2)CC1. The molecule has 2 saturated heterocycles. The summed E-state index contributed by atoms with van der Waals surface area (Å²) >= 11 is 0. The molecule has 2 heterocycles. The van der Waals surface area contributed by atoms with E-state index in [1.807, 2.05) is 0 Å². The van der Waals surface area contributed by atoms with Crippen LogP contribution >= 0.6 is 0 Å². The highest BCUT2D eigenvalue weighted by Gasteiger charge is 2.22. The molecule has 0 radical (unpaired) electrons. The van der Waals surface area contributed by atoms with Crippen molar-refractivity contribution in [2.75, 3.05) is 39.3 Å². The Morgan fingerprint density at radius 3 is 2.12 bits per heavy atom. The average Bonchev–Trinajstić information content (AvgIpc) is 2.89. The molecule has 5 heteroatoms. The third-order valence-electron chi connectivity index (χ3n) is 4.05. The van der Waals surface area contributed by atoms with Crippen molar-refractivity contribution >= 4 is 5.84 Å². The first kappa shape index (κ1) is 12.6. The largest absolute Gasteiger partial charge is 0.409 e. The van der Waals surface area contributed by atoms with Gasteiger partial charge < -0.3 is 20.7 Å². The van der Waals surface area contributed by atoms with Gasteiger partial charge in [0.1, 0.15) is 5.84 Å². The van der Waals surface area contributed by atoms with Crippen LogP contribution in [0.4, 0.5) is 0 Å². The monoisotopic (exact) mass is 240 g/mol. The lowest BCUT2D eigenvalue weighted by molar-refractivity contribution is 0.180. The van der Waals surface area contributed by atoms with E-state index < -0.39 is 0 Å². The van der Waals surface area contributed by atoms with E-state index in [-0.39, 0.29) is 5.92 Å². The molecule has 17 heavy (non-hydrogen) atoms. The number of piperidine rings is 1. The van der Waals surface area contributed by atoms with Crippen LogP contribution in [0, 0.1) is 5.92 Å². The summed E-state index contributed by atoms with van der Waals surface area (Å²) in [5.74, 6) is 0.687. The first-order valence-corrected chi connectivity index (χ1v) is 6.71. The van der Waals surface area contributed by atoms with Gasteiger partial charge in [-0.2, -0.15) is 0 Å². The van der Waals surface area contributed by atoms with Gasteiger partial charge in [0.05, 0.1) is 0 Å². The summed E-state index contributed by atoms with van der Waals surface area (Å²) in [6.07, 6.45) is 4.78. The van der Waals surface area contributed by atoms with Gasteiger partial charge in [-0.1, -0.05) is 5.16 Å². The number of amidine groups is 1. The molecule has 2 rings (SSSR count). The van der Waals surface area contributed by atoms with Crippen molar-refractivity contribution in [3.63, 3.8) is 0 Å². The predicted octanol–water partition coefficient (Wildman–Crippen LogP) is 0.541. The maximum Gasteiger partial charge on any atom is 0.142 e. The number of likely N-dealkylation sites (tertiary alicyclic amines) is 2. The van der Waals surface area contributed by atoms with Gasteiger partial charge in [0.25, 0.3) is 0 Å². The minimum Gasteiger partial charge on any atom is -0.409 e. The van der Waals surface area contributed by atoms with Gasteiger partial charge in [-0.25, -0.2) is 0 Å². The smallest absolute Gasteiger partial charge is 0.142 e. The fourth-order valence-electron chi connectivity index (χ4n) is 2.82. The summed E-state index contributed by atoms with van der Waals surface area (Å²) in [5, 5.41) is 11.8. The Morgan fingerprint density at radius 1 is 1.06 bits per heavy atom. The van der Waals surface area contributed by atoms with Crippen LogP contribution in [0.3, 0.4) is 0 Å². The Kier molecular flexibility index (Phi) is 4.62. The molecule has 0 atom stereocenters. The molecule has 0 aliphatic carbocycles. The highest BCUT2D eigenvalue weighted by Crippen LogP contribution is 2.17. The van der Waals surface area contributed by atoms with Gasteiger partial charge in [-0.05, 0) is 51.9 Å². The number of hydrogen-bond acceptors (Lipinski definition) is 4. The van der Waals surface area contributed by atoms with Crippen molar-refractivity contribution in [3.05, 3.63) is 0 Å². The Bertz CT molecular complexity index is 255. The molecule has 2 fully saturated rings. The van der Waals surface area contributed by atoms with Crippen LogP contribution in [0.2, 0.25) is 0 Å². The van der Waals surface area contributed by atoms with Crippen LogP contribution in [-0.4, -0.2) is 60.1 Å². The quantitative estimate of drug-likeness (QED) is 0.326. The Balaban J connectivity index is 1.65. The van der Waals surface area contributed by atoms with Gasteiger partial charge in [0, 0.05) is 19.0 Å². The van der Waals surface area contributed by atoms with Gasteiger partial charge in [0.2, 0.25) is 0 Å². The number of oxime groups is 1. The van der Waals surface area contributed by atoms with Gasteiger partial charge in [0.15, 0.2) is 0 Å². The van der Waals surface area contributed by atoms with Crippen LogP contribution in [0.1, 0.15) is 25.7 Å². The molecular formula is C12H24N4O. The normalized spacial score (nSPS) is 25.5. The lowest BCUT2D eigenvalue weighted by Gasteiger charge is -2.32. The summed E-state index contributed by atoms with van der Waals surface area (Å²) in [4.78, 5) is 5.05.